The van der Waals surface area contributed by atoms with Crippen LogP contribution in [0.2, 0.25) is 0 Å². The number of likely N-dealkylation sites (N-methyl/N-ethyl adjacent to an activating group) is 1. The zero-order valence-corrected chi connectivity index (χ0v) is 12.6. The molecule has 112 valence electrons. The number of aromatic nitrogens is 3. The summed E-state index contributed by atoms with van der Waals surface area (Å²) in [7, 11) is 2.24. The van der Waals surface area contributed by atoms with Gasteiger partial charge in [-0.3, -0.25) is 0 Å². The maximum Gasteiger partial charge on any atom is 0.160 e. The molecule has 5 heteroatoms. The summed E-state index contributed by atoms with van der Waals surface area (Å²) in [6.45, 7) is 3.35. The Labute approximate surface area is 125 Å². The van der Waals surface area contributed by atoms with Crippen molar-refractivity contribution in [2.24, 2.45) is 0 Å². The lowest BCUT2D eigenvalue weighted by atomic mass is 10.1. The second-order valence-electron chi connectivity index (χ2n) is 6.37. The number of imidazole rings is 1. The van der Waals surface area contributed by atoms with E-state index in [2.05, 4.69) is 32.9 Å². The minimum atomic E-state index is 0.506. The summed E-state index contributed by atoms with van der Waals surface area (Å²) in [6.07, 6.45) is 6.70. The van der Waals surface area contributed by atoms with Gasteiger partial charge in [-0.2, -0.15) is 0 Å². The van der Waals surface area contributed by atoms with Crippen molar-refractivity contribution >= 4 is 11.2 Å². The zero-order valence-electron chi connectivity index (χ0n) is 12.6. The molecule has 2 unspecified atom stereocenters. The largest absolute Gasteiger partial charge is 0.315 e. The highest BCUT2D eigenvalue weighted by Crippen LogP contribution is 2.26. The molecule has 2 aromatic rings. The third-order valence-electron chi connectivity index (χ3n) is 5.01. The lowest BCUT2D eigenvalue weighted by Crippen LogP contribution is -2.29. The van der Waals surface area contributed by atoms with Gasteiger partial charge in [0.15, 0.2) is 5.65 Å². The van der Waals surface area contributed by atoms with E-state index in [9.17, 15) is 0 Å². The molecule has 2 saturated heterocycles. The Balaban J connectivity index is 1.74. The molecule has 4 heterocycles. The minimum absolute atomic E-state index is 0.506. The van der Waals surface area contributed by atoms with Gasteiger partial charge in [-0.15, -0.1) is 0 Å². The Kier molecular flexibility index (Phi) is 3.39. The number of likely N-dealkylation sites (tertiary alicyclic amines) is 1. The molecule has 2 atom stereocenters. The smallest absolute Gasteiger partial charge is 0.160 e. The standard InChI is InChI=1S/C16H23N5/c1-20-9-3-4-12(20)10-15-19-14-5-2-7-18-16(14)21(15)13-6-8-17-11-13/h2,5,7,12-13,17H,3-4,6,8-11H2,1H3. The first-order valence-electron chi connectivity index (χ1n) is 8.06. The van der Waals surface area contributed by atoms with Gasteiger partial charge < -0.3 is 14.8 Å². The molecule has 2 aliphatic heterocycles. The van der Waals surface area contributed by atoms with Crippen LogP contribution in [0.5, 0.6) is 0 Å². The fraction of sp³-hybridized carbons (Fsp3) is 0.625. The van der Waals surface area contributed by atoms with E-state index in [1.54, 1.807) is 0 Å². The quantitative estimate of drug-likeness (QED) is 0.930. The number of pyridine rings is 1. The molecule has 0 bridgehead atoms. The fourth-order valence-electron chi connectivity index (χ4n) is 3.81. The van der Waals surface area contributed by atoms with Gasteiger partial charge in [-0.05, 0) is 51.5 Å². The molecule has 0 spiro atoms. The van der Waals surface area contributed by atoms with Gasteiger partial charge in [0.1, 0.15) is 11.3 Å². The summed E-state index contributed by atoms with van der Waals surface area (Å²) in [5.74, 6) is 1.22. The summed E-state index contributed by atoms with van der Waals surface area (Å²) in [5, 5.41) is 3.47. The van der Waals surface area contributed by atoms with Crippen molar-refractivity contribution in [3.8, 4) is 0 Å². The Bertz CT molecular complexity index is 629. The maximum atomic E-state index is 4.90. The summed E-state index contributed by atoms with van der Waals surface area (Å²) in [5.41, 5.74) is 2.10. The molecular formula is C16H23N5. The van der Waals surface area contributed by atoms with Crippen LogP contribution in [0.1, 0.15) is 31.1 Å². The van der Waals surface area contributed by atoms with Crippen LogP contribution in [0, 0.1) is 0 Å². The highest BCUT2D eigenvalue weighted by atomic mass is 15.2. The topological polar surface area (TPSA) is 46.0 Å². The van der Waals surface area contributed by atoms with E-state index in [1.165, 1.54) is 31.6 Å². The number of rotatable bonds is 3. The van der Waals surface area contributed by atoms with Crippen LogP contribution in [-0.2, 0) is 6.42 Å². The van der Waals surface area contributed by atoms with Crippen LogP contribution in [0.25, 0.3) is 11.2 Å². The van der Waals surface area contributed by atoms with Gasteiger partial charge in [0.05, 0.1) is 6.04 Å². The van der Waals surface area contributed by atoms with Gasteiger partial charge in [0, 0.05) is 25.2 Å². The van der Waals surface area contributed by atoms with Crippen molar-refractivity contribution in [3.63, 3.8) is 0 Å². The van der Waals surface area contributed by atoms with E-state index >= 15 is 0 Å². The van der Waals surface area contributed by atoms with E-state index < -0.39 is 0 Å². The number of fused-ring (bicyclic) bond motifs is 1. The summed E-state index contributed by atoms with van der Waals surface area (Å²) in [4.78, 5) is 12.0. The van der Waals surface area contributed by atoms with Crippen LogP contribution in [0.4, 0.5) is 0 Å². The Morgan fingerprint density at radius 1 is 1.38 bits per heavy atom. The second-order valence-corrected chi connectivity index (χ2v) is 6.37. The van der Waals surface area contributed by atoms with Gasteiger partial charge in [0.2, 0.25) is 0 Å². The van der Waals surface area contributed by atoms with E-state index in [-0.39, 0.29) is 0 Å². The first-order chi connectivity index (χ1) is 10.3. The lowest BCUT2D eigenvalue weighted by molar-refractivity contribution is 0.302. The third kappa shape index (κ3) is 2.34. The maximum absolute atomic E-state index is 4.90. The number of nitrogens with zero attached hydrogens (tertiary/aromatic N) is 4. The molecule has 2 aliphatic rings. The molecule has 0 saturated carbocycles. The van der Waals surface area contributed by atoms with Gasteiger partial charge in [0.25, 0.3) is 0 Å². The molecular weight excluding hydrogens is 262 g/mol. The first-order valence-corrected chi connectivity index (χ1v) is 8.06. The number of hydrogen-bond acceptors (Lipinski definition) is 4. The highest BCUT2D eigenvalue weighted by molar-refractivity contribution is 5.71. The van der Waals surface area contributed by atoms with Gasteiger partial charge in [-0.1, -0.05) is 0 Å². The van der Waals surface area contributed by atoms with E-state index in [1.807, 2.05) is 12.3 Å². The zero-order chi connectivity index (χ0) is 14.2. The number of nitrogens with one attached hydrogen (secondary N) is 1. The van der Waals surface area contributed by atoms with Crippen LogP contribution < -0.4 is 5.32 Å². The predicted octanol–water partition coefficient (Wildman–Crippen LogP) is 1.60. The van der Waals surface area contributed by atoms with Crippen LogP contribution in [0.3, 0.4) is 0 Å². The van der Waals surface area contributed by atoms with Gasteiger partial charge >= 0.3 is 0 Å². The molecule has 0 aliphatic carbocycles. The molecule has 2 fully saturated rings. The molecule has 0 amide bonds. The van der Waals surface area contributed by atoms with Crippen molar-refractivity contribution in [2.45, 2.75) is 37.8 Å². The predicted molar refractivity (Wildman–Crippen MR) is 83.4 cm³/mol. The second kappa shape index (κ2) is 5.39. The first kappa shape index (κ1) is 13.2. The minimum Gasteiger partial charge on any atom is -0.315 e. The van der Waals surface area contributed by atoms with Crippen LogP contribution in [0.15, 0.2) is 18.3 Å². The summed E-state index contributed by atoms with van der Waals surface area (Å²) in [6, 6.07) is 5.21. The normalized spacial score (nSPS) is 26.9. The van der Waals surface area contributed by atoms with Gasteiger partial charge in [-0.25, -0.2) is 9.97 Å². The number of hydrogen-bond donors (Lipinski definition) is 1. The molecule has 2 aromatic heterocycles. The van der Waals surface area contributed by atoms with Crippen molar-refractivity contribution in [2.75, 3.05) is 26.7 Å². The molecule has 1 N–H and O–H groups in total. The van der Waals surface area contributed by atoms with Crippen molar-refractivity contribution in [1.29, 1.82) is 0 Å². The fourth-order valence-corrected chi connectivity index (χ4v) is 3.81. The van der Waals surface area contributed by atoms with E-state index in [0.717, 1.165) is 30.7 Å². The molecule has 21 heavy (non-hydrogen) atoms. The molecule has 4 rings (SSSR count). The SMILES string of the molecule is CN1CCCC1Cc1nc2cccnc2n1C1CCNC1. The van der Waals surface area contributed by atoms with Crippen molar-refractivity contribution in [1.82, 2.24) is 24.8 Å². The van der Waals surface area contributed by atoms with E-state index in [0.29, 0.717) is 12.1 Å². The summed E-state index contributed by atoms with van der Waals surface area (Å²) >= 11 is 0. The van der Waals surface area contributed by atoms with Crippen LogP contribution in [-0.4, -0.2) is 52.2 Å². The Morgan fingerprint density at radius 2 is 2.33 bits per heavy atom. The molecule has 5 nitrogen and oxygen atoms in total. The Morgan fingerprint density at radius 3 is 3.10 bits per heavy atom. The molecule has 0 radical (unpaired) electrons. The molecule has 0 aromatic carbocycles. The Hall–Kier alpha value is -1.46. The average molecular weight is 285 g/mol. The lowest BCUT2D eigenvalue weighted by Gasteiger charge is -2.21. The monoisotopic (exact) mass is 285 g/mol. The third-order valence-corrected chi connectivity index (χ3v) is 5.01. The van der Waals surface area contributed by atoms with Crippen molar-refractivity contribution < 1.29 is 0 Å². The van der Waals surface area contributed by atoms with E-state index in [4.69, 9.17) is 4.98 Å². The van der Waals surface area contributed by atoms with Crippen LogP contribution >= 0.6 is 0 Å². The summed E-state index contributed by atoms with van der Waals surface area (Å²) < 4.78 is 2.40. The highest BCUT2D eigenvalue weighted by Gasteiger charge is 2.27. The van der Waals surface area contributed by atoms with Crippen molar-refractivity contribution in [3.05, 3.63) is 24.2 Å². The average Bonchev–Trinajstić information content (AvgIpc) is 3.19.